The summed E-state index contributed by atoms with van der Waals surface area (Å²) in [5.74, 6) is 1.32. The predicted octanol–water partition coefficient (Wildman–Crippen LogP) is 1.65. The summed E-state index contributed by atoms with van der Waals surface area (Å²) in [5, 5.41) is 12.1. The van der Waals surface area contributed by atoms with E-state index in [-0.39, 0.29) is 6.61 Å². The zero-order valence-corrected chi connectivity index (χ0v) is 10.2. The van der Waals surface area contributed by atoms with Gasteiger partial charge in [-0.05, 0) is 18.2 Å². The Morgan fingerprint density at radius 3 is 2.72 bits per heavy atom. The number of hydrogen-bond donors (Lipinski definition) is 2. The molecule has 0 aliphatic rings. The summed E-state index contributed by atoms with van der Waals surface area (Å²) in [7, 11) is 1.85. The maximum Gasteiger partial charge on any atom is 0.227 e. The molecule has 0 aliphatic heterocycles. The van der Waals surface area contributed by atoms with E-state index in [1.807, 2.05) is 43.4 Å². The molecule has 1 aromatic carbocycles. The molecule has 5 nitrogen and oxygen atoms in total. The lowest BCUT2D eigenvalue weighted by molar-refractivity contribution is 0.303. The minimum atomic E-state index is 0.0796. The third kappa shape index (κ3) is 3.18. The van der Waals surface area contributed by atoms with E-state index in [1.54, 1.807) is 11.1 Å². The topological polar surface area (TPSA) is 61.3 Å². The summed E-state index contributed by atoms with van der Waals surface area (Å²) in [4.78, 5) is 10.3. The smallest absolute Gasteiger partial charge is 0.227 e. The second kappa shape index (κ2) is 5.97. The number of rotatable bonds is 5. The van der Waals surface area contributed by atoms with Gasteiger partial charge < -0.3 is 15.3 Å². The predicted molar refractivity (Wildman–Crippen MR) is 72.1 cm³/mol. The van der Waals surface area contributed by atoms with Crippen LogP contribution in [0.2, 0.25) is 0 Å². The fourth-order valence-electron chi connectivity index (χ4n) is 1.52. The van der Waals surface area contributed by atoms with Crippen molar-refractivity contribution in [3.63, 3.8) is 0 Å². The van der Waals surface area contributed by atoms with E-state index in [1.165, 1.54) is 0 Å². The van der Waals surface area contributed by atoms with Crippen LogP contribution in [-0.4, -0.2) is 35.3 Å². The molecule has 0 radical (unpaired) electrons. The fourth-order valence-corrected chi connectivity index (χ4v) is 1.52. The van der Waals surface area contributed by atoms with E-state index in [4.69, 9.17) is 5.11 Å². The Morgan fingerprint density at radius 2 is 2.00 bits per heavy atom. The minimum absolute atomic E-state index is 0.0796. The molecule has 2 N–H and O–H groups in total. The largest absolute Gasteiger partial charge is 0.395 e. The summed E-state index contributed by atoms with van der Waals surface area (Å²) >= 11 is 0. The molecule has 1 aromatic heterocycles. The lowest BCUT2D eigenvalue weighted by Crippen LogP contribution is -2.23. The van der Waals surface area contributed by atoms with Crippen molar-refractivity contribution in [3.8, 4) is 0 Å². The Balaban J connectivity index is 2.12. The number of aliphatic hydroxyl groups excluding tert-OH is 1. The lowest BCUT2D eigenvalue weighted by Gasteiger charge is -2.16. The van der Waals surface area contributed by atoms with Gasteiger partial charge in [-0.3, -0.25) is 0 Å². The van der Waals surface area contributed by atoms with E-state index >= 15 is 0 Å². The van der Waals surface area contributed by atoms with Gasteiger partial charge in [0.25, 0.3) is 0 Å². The second-order valence-corrected chi connectivity index (χ2v) is 3.88. The number of aromatic nitrogens is 2. The number of likely N-dealkylation sites (N-methyl/N-ethyl adjacent to an activating group) is 1. The van der Waals surface area contributed by atoms with Gasteiger partial charge in [0.1, 0.15) is 5.82 Å². The molecule has 0 unspecified atom stereocenters. The molecule has 5 heteroatoms. The monoisotopic (exact) mass is 244 g/mol. The molecular formula is C13H16N4O. The van der Waals surface area contributed by atoms with Crippen LogP contribution in [0.1, 0.15) is 0 Å². The number of para-hydroxylation sites is 1. The number of hydrogen-bond acceptors (Lipinski definition) is 5. The first-order chi connectivity index (χ1) is 8.79. The van der Waals surface area contributed by atoms with Crippen molar-refractivity contribution in [3.05, 3.63) is 42.6 Å². The molecule has 0 atom stereocenters. The molecular weight excluding hydrogens is 228 g/mol. The van der Waals surface area contributed by atoms with Crippen molar-refractivity contribution in [2.45, 2.75) is 0 Å². The molecule has 2 rings (SSSR count). The van der Waals surface area contributed by atoms with Crippen LogP contribution in [0, 0.1) is 0 Å². The maximum atomic E-state index is 8.89. The first-order valence-corrected chi connectivity index (χ1v) is 5.76. The average Bonchev–Trinajstić information content (AvgIpc) is 2.40. The Kier molecular flexibility index (Phi) is 4.09. The molecule has 0 aliphatic carbocycles. The molecule has 0 amide bonds. The molecule has 18 heavy (non-hydrogen) atoms. The molecule has 1 heterocycles. The molecule has 0 bridgehead atoms. The van der Waals surface area contributed by atoms with E-state index < -0.39 is 0 Å². The molecule has 94 valence electrons. The van der Waals surface area contributed by atoms with E-state index in [2.05, 4.69) is 15.3 Å². The zero-order chi connectivity index (χ0) is 12.8. The number of anilines is 3. The van der Waals surface area contributed by atoms with Crippen LogP contribution >= 0.6 is 0 Å². The third-order valence-electron chi connectivity index (χ3n) is 2.47. The molecule has 0 fully saturated rings. The highest BCUT2D eigenvalue weighted by molar-refractivity contribution is 5.56. The van der Waals surface area contributed by atoms with Gasteiger partial charge in [0.15, 0.2) is 0 Å². The van der Waals surface area contributed by atoms with Gasteiger partial charge >= 0.3 is 0 Å². The van der Waals surface area contributed by atoms with Gasteiger partial charge in [-0.15, -0.1) is 0 Å². The minimum Gasteiger partial charge on any atom is -0.395 e. The zero-order valence-electron chi connectivity index (χ0n) is 10.2. The van der Waals surface area contributed by atoms with E-state index in [0.717, 1.165) is 11.5 Å². The highest BCUT2D eigenvalue weighted by Crippen LogP contribution is 2.15. The number of aliphatic hydroxyl groups is 1. The fraction of sp³-hybridized carbons (Fsp3) is 0.231. The first-order valence-electron chi connectivity index (χ1n) is 5.76. The molecule has 0 spiro atoms. The van der Waals surface area contributed by atoms with Crippen molar-refractivity contribution in [2.75, 3.05) is 30.4 Å². The SMILES string of the molecule is CN(CCO)c1nccc(Nc2ccccc2)n1. The number of benzene rings is 1. The van der Waals surface area contributed by atoms with Crippen molar-refractivity contribution in [1.29, 1.82) is 0 Å². The van der Waals surface area contributed by atoms with Gasteiger partial charge in [-0.1, -0.05) is 18.2 Å². The molecule has 2 aromatic rings. The van der Waals surface area contributed by atoms with Crippen LogP contribution in [0.4, 0.5) is 17.5 Å². The maximum absolute atomic E-state index is 8.89. The highest BCUT2D eigenvalue weighted by atomic mass is 16.3. The Morgan fingerprint density at radius 1 is 1.22 bits per heavy atom. The lowest BCUT2D eigenvalue weighted by atomic mass is 10.3. The van der Waals surface area contributed by atoms with E-state index in [0.29, 0.717) is 12.5 Å². The Hall–Kier alpha value is -2.14. The van der Waals surface area contributed by atoms with E-state index in [9.17, 15) is 0 Å². The number of nitrogens with one attached hydrogen (secondary N) is 1. The molecule has 0 saturated heterocycles. The van der Waals surface area contributed by atoms with Crippen LogP contribution in [-0.2, 0) is 0 Å². The van der Waals surface area contributed by atoms with Gasteiger partial charge in [0.05, 0.1) is 6.61 Å². The summed E-state index contributed by atoms with van der Waals surface area (Å²) in [6.07, 6.45) is 1.70. The summed E-state index contributed by atoms with van der Waals surface area (Å²) < 4.78 is 0. The van der Waals surface area contributed by atoms with Gasteiger partial charge in [-0.25, -0.2) is 4.98 Å². The summed E-state index contributed by atoms with van der Waals surface area (Å²) in [6, 6.07) is 11.6. The Labute approximate surface area is 106 Å². The van der Waals surface area contributed by atoms with Crippen LogP contribution in [0.5, 0.6) is 0 Å². The van der Waals surface area contributed by atoms with Crippen LogP contribution in [0.3, 0.4) is 0 Å². The standard InChI is InChI=1S/C13H16N4O/c1-17(9-10-18)13-14-8-7-12(16-13)15-11-5-3-2-4-6-11/h2-8,18H,9-10H2,1H3,(H,14,15,16). The van der Waals surface area contributed by atoms with Gasteiger partial charge in [-0.2, -0.15) is 4.98 Å². The second-order valence-electron chi connectivity index (χ2n) is 3.88. The summed E-state index contributed by atoms with van der Waals surface area (Å²) in [6.45, 7) is 0.588. The summed E-state index contributed by atoms with van der Waals surface area (Å²) in [5.41, 5.74) is 0.979. The highest BCUT2D eigenvalue weighted by Gasteiger charge is 2.04. The first kappa shape index (κ1) is 12.3. The number of nitrogens with zero attached hydrogens (tertiary/aromatic N) is 3. The van der Waals surface area contributed by atoms with Crippen molar-refractivity contribution >= 4 is 17.5 Å². The van der Waals surface area contributed by atoms with Gasteiger partial charge in [0.2, 0.25) is 5.95 Å². The normalized spacial score (nSPS) is 10.1. The quantitative estimate of drug-likeness (QED) is 0.837. The van der Waals surface area contributed by atoms with Crippen LogP contribution in [0.25, 0.3) is 0 Å². The van der Waals surface area contributed by atoms with Crippen molar-refractivity contribution in [2.24, 2.45) is 0 Å². The Bertz CT molecular complexity index is 489. The van der Waals surface area contributed by atoms with Gasteiger partial charge in [0, 0.05) is 25.5 Å². The third-order valence-corrected chi connectivity index (χ3v) is 2.47. The van der Waals surface area contributed by atoms with Crippen LogP contribution in [0.15, 0.2) is 42.6 Å². The van der Waals surface area contributed by atoms with Crippen molar-refractivity contribution in [1.82, 2.24) is 9.97 Å². The van der Waals surface area contributed by atoms with Crippen LogP contribution < -0.4 is 10.2 Å². The average molecular weight is 244 g/mol. The molecule has 0 saturated carbocycles. The van der Waals surface area contributed by atoms with Crippen molar-refractivity contribution < 1.29 is 5.11 Å².